The number of nitrogens with zero attached hydrogens (tertiary/aromatic N) is 1. The molecule has 13 heteroatoms. The van der Waals surface area contributed by atoms with Crippen LogP contribution >= 0.6 is 0 Å². The van der Waals surface area contributed by atoms with E-state index in [1.165, 1.54) is 12.1 Å². The number of aliphatic hydroxyl groups excluding tert-OH is 2. The van der Waals surface area contributed by atoms with Gasteiger partial charge in [0.1, 0.15) is 24.9 Å². The summed E-state index contributed by atoms with van der Waals surface area (Å²) in [5, 5.41) is 22.1. The molecule has 1 unspecified atom stereocenters. The molecule has 0 saturated carbocycles. The molecule has 4 N–H and O–H groups in total. The molecule has 2 aromatic rings. The second-order valence-corrected chi connectivity index (χ2v) is 9.30. The number of alkyl carbamates (subject to hydrolysis) is 1. The summed E-state index contributed by atoms with van der Waals surface area (Å²) in [5.41, 5.74) is -0.603. The molecule has 32 heavy (non-hydrogen) atoms. The average Bonchev–Trinajstić information content (AvgIpc) is 3.03. The molecule has 0 bridgehead atoms. The molecule has 4 atom stereocenters. The van der Waals surface area contributed by atoms with Crippen molar-refractivity contribution >= 4 is 15.9 Å². The highest BCUT2D eigenvalue weighted by Gasteiger charge is 2.45. The highest BCUT2D eigenvalue weighted by molar-refractivity contribution is 7.91. The summed E-state index contributed by atoms with van der Waals surface area (Å²) in [5.74, 6) is -0.463. The molecule has 12 nitrogen and oxygen atoms in total. The molecule has 0 aliphatic carbocycles. The predicted molar refractivity (Wildman–Crippen MR) is 110 cm³/mol. The lowest BCUT2D eigenvalue weighted by Crippen LogP contribution is -2.48. The summed E-state index contributed by atoms with van der Waals surface area (Å²) in [4.78, 5) is 37.7. The van der Waals surface area contributed by atoms with Crippen molar-refractivity contribution in [2.24, 2.45) is 0 Å². The van der Waals surface area contributed by atoms with Gasteiger partial charge in [0.25, 0.3) is 5.56 Å². The SMILES string of the molecule is Cc1ccc(S(=O)(=O)CCOC(=O)N[C@H]2C(O)[C@@H](CO)O[C@H]2n2ccc(=O)[nH]c2=O)cc1. The van der Waals surface area contributed by atoms with Crippen molar-refractivity contribution in [2.45, 2.75) is 36.3 Å². The molecule has 1 aromatic carbocycles. The van der Waals surface area contributed by atoms with E-state index in [-0.39, 0.29) is 4.90 Å². The maximum atomic E-state index is 12.3. The summed E-state index contributed by atoms with van der Waals surface area (Å²) in [6.45, 7) is 0.761. The second-order valence-electron chi connectivity index (χ2n) is 7.19. The van der Waals surface area contributed by atoms with Crippen LogP contribution in [-0.2, 0) is 19.3 Å². The zero-order chi connectivity index (χ0) is 23.5. The Morgan fingerprint density at radius 2 is 1.94 bits per heavy atom. The molecule has 1 fully saturated rings. The van der Waals surface area contributed by atoms with E-state index in [1.54, 1.807) is 12.1 Å². The first-order valence-corrected chi connectivity index (χ1v) is 11.3. The minimum Gasteiger partial charge on any atom is -0.448 e. The highest BCUT2D eigenvalue weighted by Crippen LogP contribution is 2.28. The number of amides is 1. The average molecular weight is 469 g/mol. The van der Waals surface area contributed by atoms with Crippen LogP contribution in [0.25, 0.3) is 0 Å². The fourth-order valence-electron chi connectivity index (χ4n) is 3.20. The van der Waals surface area contributed by atoms with E-state index in [1.807, 2.05) is 11.9 Å². The summed E-state index contributed by atoms with van der Waals surface area (Å²) in [7, 11) is -3.68. The summed E-state index contributed by atoms with van der Waals surface area (Å²) in [6.07, 6.45) is -3.72. The van der Waals surface area contributed by atoms with Crippen LogP contribution in [0.5, 0.6) is 0 Å². The number of hydrogen-bond donors (Lipinski definition) is 4. The third kappa shape index (κ3) is 5.24. The number of aromatic amines is 1. The highest BCUT2D eigenvalue weighted by atomic mass is 32.2. The molecule has 174 valence electrons. The fourth-order valence-corrected chi connectivity index (χ4v) is 4.29. The van der Waals surface area contributed by atoms with E-state index in [0.717, 1.165) is 22.4 Å². The van der Waals surface area contributed by atoms with Gasteiger partial charge in [-0.25, -0.2) is 18.0 Å². The molecule has 1 saturated heterocycles. The van der Waals surface area contributed by atoms with Crippen molar-refractivity contribution in [3.63, 3.8) is 0 Å². The number of hydrogen-bond acceptors (Lipinski definition) is 9. The lowest BCUT2D eigenvalue weighted by molar-refractivity contribution is -0.0469. The summed E-state index contributed by atoms with van der Waals surface area (Å²) in [6, 6.07) is 6.04. The number of aromatic nitrogens is 2. The number of carbonyl (C=O) groups is 1. The van der Waals surface area contributed by atoms with Crippen molar-refractivity contribution in [3.05, 3.63) is 62.9 Å². The Kier molecular flexibility index (Phi) is 7.13. The van der Waals surface area contributed by atoms with Gasteiger partial charge in [-0.05, 0) is 19.1 Å². The van der Waals surface area contributed by atoms with Gasteiger partial charge < -0.3 is 25.0 Å². The molecule has 3 rings (SSSR count). The van der Waals surface area contributed by atoms with E-state index in [0.29, 0.717) is 0 Å². The van der Waals surface area contributed by atoms with E-state index in [2.05, 4.69) is 5.32 Å². The Balaban J connectivity index is 1.65. The Labute approximate surface area is 182 Å². The molecule has 0 radical (unpaired) electrons. The predicted octanol–water partition coefficient (Wildman–Crippen LogP) is -1.34. The minimum absolute atomic E-state index is 0.0926. The van der Waals surface area contributed by atoms with Gasteiger partial charge in [-0.2, -0.15) is 0 Å². The Morgan fingerprint density at radius 3 is 2.56 bits per heavy atom. The van der Waals surface area contributed by atoms with Crippen LogP contribution in [0.15, 0.2) is 51.0 Å². The number of H-pyrrole nitrogens is 1. The fraction of sp³-hybridized carbons (Fsp3) is 0.421. The van der Waals surface area contributed by atoms with Gasteiger partial charge in [-0.15, -0.1) is 0 Å². The van der Waals surface area contributed by atoms with Crippen LogP contribution in [0, 0.1) is 6.92 Å². The minimum atomic E-state index is -3.68. The van der Waals surface area contributed by atoms with Gasteiger partial charge >= 0.3 is 11.8 Å². The van der Waals surface area contributed by atoms with Gasteiger partial charge in [0.2, 0.25) is 0 Å². The van der Waals surface area contributed by atoms with Crippen LogP contribution in [0.3, 0.4) is 0 Å². The van der Waals surface area contributed by atoms with Crippen LogP contribution in [0.2, 0.25) is 0 Å². The number of carbonyl (C=O) groups excluding carboxylic acids is 1. The van der Waals surface area contributed by atoms with Gasteiger partial charge in [-0.3, -0.25) is 14.3 Å². The number of aliphatic hydroxyl groups is 2. The first-order chi connectivity index (χ1) is 15.1. The summed E-state index contributed by atoms with van der Waals surface area (Å²) < 4.78 is 36.0. The summed E-state index contributed by atoms with van der Waals surface area (Å²) >= 11 is 0. The number of ether oxygens (including phenoxy) is 2. The van der Waals surface area contributed by atoms with Crippen LogP contribution in [-0.4, -0.2) is 71.5 Å². The lowest BCUT2D eigenvalue weighted by atomic mass is 10.1. The molecule has 1 aliphatic rings. The Bertz CT molecular complexity index is 1170. The van der Waals surface area contributed by atoms with Crippen LogP contribution in [0.4, 0.5) is 4.79 Å². The second kappa shape index (κ2) is 9.65. The van der Waals surface area contributed by atoms with E-state index >= 15 is 0 Å². The largest absolute Gasteiger partial charge is 0.448 e. The lowest BCUT2D eigenvalue weighted by Gasteiger charge is -2.22. The van der Waals surface area contributed by atoms with Crippen molar-refractivity contribution < 1.29 is 32.9 Å². The number of nitrogens with one attached hydrogen (secondary N) is 2. The smallest absolute Gasteiger partial charge is 0.407 e. The molecular formula is C19H23N3O9S. The molecule has 0 spiro atoms. The van der Waals surface area contributed by atoms with Crippen LogP contribution in [0.1, 0.15) is 11.8 Å². The van der Waals surface area contributed by atoms with E-state index < -0.39 is 70.6 Å². The van der Waals surface area contributed by atoms with Gasteiger partial charge in [0.15, 0.2) is 16.1 Å². The third-order valence-corrected chi connectivity index (χ3v) is 6.62. The molecule has 1 aromatic heterocycles. The van der Waals surface area contributed by atoms with Crippen molar-refractivity contribution in [1.82, 2.24) is 14.9 Å². The van der Waals surface area contributed by atoms with E-state index in [4.69, 9.17) is 9.47 Å². The number of aryl methyl sites for hydroxylation is 1. The van der Waals surface area contributed by atoms with E-state index in [9.17, 15) is 33.0 Å². The van der Waals surface area contributed by atoms with Crippen molar-refractivity contribution in [2.75, 3.05) is 19.0 Å². The van der Waals surface area contributed by atoms with Crippen LogP contribution < -0.4 is 16.6 Å². The topological polar surface area (TPSA) is 177 Å². The van der Waals surface area contributed by atoms with Crippen molar-refractivity contribution in [3.8, 4) is 0 Å². The zero-order valence-corrected chi connectivity index (χ0v) is 17.8. The first-order valence-electron chi connectivity index (χ1n) is 9.61. The number of sulfone groups is 1. The maximum absolute atomic E-state index is 12.3. The number of rotatable bonds is 7. The van der Waals surface area contributed by atoms with Gasteiger partial charge in [0.05, 0.1) is 17.3 Å². The molecule has 1 aliphatic heterocycles. The Morgan fingerprint density at radius 1 is 1.25 bits per heavy atom. The van der Waals surface area contributed by atoms with Gasteiger partial charge in [0, 0.05) is 12.3 Å². The zero-order valence-electron chi connectivity index (χ0n) is 17.0. The van der Waals surface area contributed by atoms with Crippen molar-refractivity contribution in [1.29, 1.82) is 0 Å². The maximum Gasteiger partial charge on any atom is 0.407 e. The number of benzene rings is 1. The first kappa shape index (κ1) is 23.7. The molecular weight excluding hydrogens is 446 g/mol. The standard InChI is InChI=1S/C19H23N3O9S/c1-11-2-4-12(5-3-11)32(28,29)9-8-30-19(27)21-15-16(25)13(10-23)31-17(15)22-7-6-14(24)20-18(22)26/h2-7,13,15-17,23,25H,8-10H2,1H3,(H,21,27)(H,20,24,26)/t13-,15+,16?,17-/m1/s1. The van der Waals surface area contributed by atoms with Gasteiger partial charge in [-0.1, -0.05) is 17.7 Å². The third-order valence-electron chi connectivity index (χ3n) is 4.93. The normalized spacial score (nSPS) is 23.1. The Hall–Kier alpha value is -3.00. The molecule has 2 heterocycles. The molecule has 1 amide bonds. The monoisotopic (exact) mass is 469 g/mol. The quantitative estimate of drug-likeness (QED) is 0.382.